The zero-order chi connectivity index (χ0) is 15.1. The van der Waals surface area contributed by atoms with E-state index in [9.17, 15) is 14.7 Å². The first-order chi connectivity index (χ1) is 9.45. The number of ether oxygens (including phenoxy) is 1. The van der Waals surface area contributed by atoms with Gasteiger partial charge in [0, 0.05) is 18.5 Å². The Morgan fingerprint density at radius 2 is 2.10 bits per heavy atom. The Balaban J connectivity index is 2.70. The van der Waals surface area contributed by atoms with Crippen LogP contribution in [0.25, 0.3) is 0 Å². The molecule has 0 aliphatic heterocycles. The molecule has 1 rings (SSSR count). The molecule has 0 spiro atoms. The second-order valence-corrected chi connectivity index (χ2v) is 4.40. The number of carboxylic acids is 1. The Morgan fingerprint density at radius 1 is 1.40 bits per heavy atom. The number of benzene rings is 1. The molecule has 0 aromatic heterocycles. The molecule has 110 valence electrons. The highest BCUT2D eigenvalue weighted by molar-refractivity contribution is 6.32. The number of aliphatic carboxylic acids is 1. The Bertz CT molecular complexity index is 504. The molecule has 0 aliphatic carbocycles. The molecule has 0 atom stereocenters. The fraction of sp³-hybridized carbons (Fsp3) is 0.385. The van der Waals surface area contributed by atoms with Gasteiger partial charge >= 0.3 is 5.97 Å². The van der Waals surface area contributed by atoms with E-state index in [2.05, 4.69) is 5.32 Å². The molecule has 7 heteroatoms. The topological polar surface area (TPSA) is 95.9 Å². The molecule has 1 amide bonds. The first kappa shape index (κ1) is 16.1. The van der Waals surface area contributed by atoms with Crippen molar-refractivity contribution in [1.29, 1.82) is 0 Å². The van der Waals surface area contributed by atoms with Crippen molar-refractivity contribution in [2.45, 2.75) is 19.8 Å². The van der Waals surface area contributed by atoms with Gasteiger partial charge in [0.05, 0.1) is 11.6 Å². The lowest BCUT2D eigenvalue weighted by atomic mass is 10.2. The minimum Gasteiger partial charge on any atom is -0.503 e. The fourth-order valence-corrected chi connectivity index (χ4v) is 1.72. The molecule has 0 saturated carbocycles. The third-order valence-corrected chi connectivity index (χ3v) is 2.73. The van der Waals surface area contributed by atoms with Crippen LogP contribution >= 0.6 is 11.6 Å². The second kappa shape index (κ2) is 7.59. The van der Waals surface area contributed by atoms with E-state index in [1.807, 2.05) is 0 Å². The third kappa shape index (κ3) is 4.62. The van der Waals surface area contributed by atoms with E-state index < -0.39 is 11.9 Å². The molecule has 0 aliphatic rings. The predicted octanol–water partition coefficient (Wildman–Crippen LogP) is 2.04. The summed E-state index contributed by atoms with van der Waals surface area (Å²) in [7, 11) is 0. The van der Waals surface area contributed by atoms with E-state index in [0.29, 0.717) is 13.0 Å². The quantitative estimate of drug-likeness (QED) is 0.670. The molecular weight excluding hydrogens is 286 g/mol. The van der Waals surface area contributed by atoms with Gasteiger partial charge in [0.2, 0.25) is 0 Å². The highest BCUT2D eigenvalue weighted by atomic mass is 35.5. The number of amides is 1. The van der Waals surface area contributed by atoms with E-state index >= 15 is 0 Å². The number of nitrogens with one attached hydrogen (secondary N) is 1. The summed E-state index contributed by atoms with van der Waals surface area (Å²) in [5, 5.41) is 20.7. The second-order valence-electron chi connectivity index (χ2n) is 3.99. The van der Waals surface area contributed by atoms with Crippen LogP contribution in [0.5, 0.6) is 11.5 Å². The molecule has 20 heavy (non-hydrogen) atoms. The molecule has 0 bridgehead atoms. The fourth-order valence-electron chi connectivity index (χ4n) is 1.51. The van der Waals surface area contributed by atoms with Crippen LogP contribution in [0.4, 0.5) is 0 Å². The minimum absolute atomic E-state index is 0.0131. The van der Waals surface area contributed by atoms with E-state index in [4.69, 9.17) is 21.4 Å². The van der Waals surface area contributed by atoms with Gasteiger partial charge < -0.3 is 20.3 Å². The largest absolute Gasteiger partial charge is 0.503 e. The highest BCUT2D eigenvalue weighted by Gasteiger charge is 2.14. The molecule has 1 aromatic rings. The third-order valence-electron chi connectivity index (χ3n) is 2.44. The Kier molecular flexibility index (Phi) is 6.11. The molecule has 1 aromatic carbocycles. The lowest BCUT2D eigenvalue weighted by molar-refractivity contribution is -0.137. The van der Waals surface area contributed by atoms with Crippen molar-refractivity contribution in [3.05, 3.63) is 22.7 Å². The maximum atomic E-state index is 11.9. The van der Waals surface area contributed by atoms with Crippen LogP contribution in [0, 0.1) is 0 Å². The molecule has 3 N–H and O–H groups in total. The van der Waals surface area contributed by atoms with E-state index in [-0.39, 0.29) is 35.1 Å². The number of phenolic OH excluding ortho intramolecular Hbond substituents is 1. The molecule has 6 nitrogen and oxygen atoms in total. The van der Waals surface area contributed by atoms with Crippen LogP contribution in [0.15, 0.2) is 12.1 Å². The van der Waals surface area contributed by atoms with Crippen molar-refractivity contribution in [2.24, 2.45) is 0 Å². The SMILES string of the molecule is CCOc1cc(C(=O)NCCCC(=O)O)cc(Cl)c1O. The maximum Gasteiger partial charge on any atom is 0.303 e. The van der Waals surface area contributed by atoms with Crippen molar-refractivity contribution in [2.75, 3.05) is 13.2 Å². The number of carboxylic acid groups (broad SMARTS) is 1. The summed E-state index contributed by atoms with van der Waals surface area (Å²) in [6.45, 7) is 2.31. The monoisotopic (exact) mass is 301 g/mol. The number of phenols is 1. The summed E-state index contributed by atoms with van der Waals surface area (Å²) in [5.74, 6) is -1.39. The van der Waals surface area contributed by atoms with Gasteiger partial charge in [-0.25, -0.2) is 0 Å². The van der Waals surface area contributed by atoms with Crippen molar-refractivity contribution in [3.63, 3.8) is 0 Å². The zero-order valence-electron chi connectivity index (χ0n) is 11.0. The van der Waals surface area contributed by atoms with E-state index in [0.717, 1.165) is 0 Å². The summed E-state index contributed by atoms with van der Waals surface area (Å²) in [6.07, 6.45) is 0.325. The Labute approximate surface area is 121 Å². The van der Waals surface area contributed by atoms with Gasteiger partial charge in [-0.2, -0.15) is 0 Å². The first-order valence-electron chi connectivity index (χ1n) is 6.11. The van der Waals surface area contributed by atoms with E-state index in [1.165, 1.54) is 12.1 Å². The van der Waals surface area contributed by atoms with Gasteiger partial charge in [-0.15, -0.1) is 0 Å². The number of carbonyl (C=O) groups excluding carboxylic acids is 1. The molecular formula is C13H16ClNO5. The summed E-state index contributed by atoms with van der Waals surface area (Å²) >= 11 is 5.81. The number of rotatable bonds is 7. The number of hydrogen-bond donors (Lipinski definition) is 3. The number of halogens is 1. The van der Waals surface area contributed by atoms with Crippen molar-refractivity contribution >= 4 is 23.5 Å². The van der Waals surface area contributed by atoms with Crippen LogP contribution in [-0.4, -0.2) is 35.2 Å². The smallest absolute Gasteiger partial charge is 0.303 e. The predicted molar refractivity (Wildman–Crippen MR) is 73.5 cm³/mol. The Hall–Kier alpha value is -1.95. The number of carbonyl (C=O) groups is 2. The normalized spacial score (nSPS) is 10.1. The molecule has 0 unspecified atom stereocenters. The molecule has 0 saturated heterocycles. The summed E-state index contributed by atoms with van der Waals surface area (Å²) < 4.78 is 5.17. The van der Waals surface area contributed by atoms with Crippen molar-refractivity contribution < 1.29 is 24.5 Å². The van der Waals surface area contributed by atoms with E-state index in [1.54, 1.807) is 6.92 Å². The van der Waals surface area contributed by atoms with Crippen molar-refractivity contribution in [1.82, 2.24) is 5.32 Å². The highest BCUT2D eigenvalue weighted by Crippen LogP contribution is 2.35. The zero-order valence-corrected chi connectivity index (χ0v) is 11.7. The molecule has 0 heterocycles. The molecule has 0 radical (unpaired) electrons. The number of aromatic hydroxyl groups is 1. The standard InChI is InChI=1S/C13H16ClNO5/c1-2-20-10-7-8(6-9(14)12(10)18)13(19)15-5-3-4-11(16)17/h6-7,18H,2-5H2,1H3,(H,15,19)(H,16,17). The minimum atomic E-state index is -0.912. The summed E-state index contributed by atoms with van der Waals surface area (Å²) in [6, 6.07) is 2.71. The van der Waals surface area contributed by atoms with Gasteiger partial charge in [0.1, 0.15) is 0 Å². The van der Waals surface area contributed by atoms with Gasteiger partial charge in [0.25, 0.3) is 5.91 Å². The average Bonchev–Trinajstić information content (AvgIpc) is 2.39. The lowest BCUT2D eigenvalue weighted by Gasteiger charge is -2.10. The van der Waals surface area contributed by atoms with Crippen LogP contribution in [0.3, 0.4) is 0 Å². The summed E-state index contributed by atoms with van der Waals surface area (Å²) in [5.41, 5.74) is 0.242. The van der Waals surface area contributed by atoms with Gasteiger partial charge in [-0.3, -0.25) is 9.59 Å². The van der Waals surface area contributed by atoms with Crippen LogP contribution in [-0.2, 0) is 4.79 Å². The lowest BCUT2D eigenvalue weighted by Crippen LogP contribution is -2.24. The van der Waals surface area contributed by atoms with Crippen LogP contribution in [0.2, 0.25) is 5.02 Å². The van der Waals surface area contributed by atoms with Gasteiger partial charge in [-0.05, 0) is 25.5 Å². The average molecular weight is 302 g/mol. The number of hydrogen-bond acceptors (Lipinski definition) is 4. The van der Waals surface area contributed by atoms with Crippen molar-refractivity contribution in [3.8, 4) is 11.5 Å². The Morgan fingerprint density at radius 3 is 2.70 bits per heavy atom. The summed E-state index contributed by atoms with van der Waals surface area (Å²) in [4.78, 5) is 22.2. The first-order valence-corrected chi connectivity index (χ1v) is 6.48. The van der Waals surface area contributed by atoms with Gasteiger partial charge in [-0.1, -0.05) is 11.6 Å². The van der Waals surface area contributed by atoms with Crippen LogP contribution < -0.4 is 10.1 Å². The van der Waals surface area contributed by atoms with Crippen LogP contribution in [0.1, 0.15) is 30.1 Å². The maximum absolute atomic E-state index is 11.9. The molecule has 0 fully saturated rings. The van der Waals surface area contributed by atoms with Gasteiger partial charge in [0.15, 0.2) is 11.5 Å².